The standard InChI is InChI=1S/C10H21N3O/c1-3-12-10(14)7-13(2)6-8-4-9(11)5-8/h8-9H,3-7,11H2,1-2H3,(H,12,14). The average Bonchev–Trinajstić information content (AvgIpc) is 2.01. The van der Waals surface area contributed by atoms with Crippen molar-refractivity contribution in [3.8, 4) is 0 Å². The minimum absolute atomic E-state index is 0.110. The summed E-state index contributed by atoms with van der Waals surface area (Å²) in [5.74, 6) is 0.808. The minimum atomic E-state index is 0.110. The Kier molecular flexibility index (Phi) is 4.35. The molecule has 82 valence electrons. The average molecular weight is 199 g/mol. The van der Waals surface area contributed by atoms with Crippen molar-refractivity contribution in [1.82, 2.24) is 10.2 Å². The van der Waals surface area contributed by atoms with E-state index in [1.165, 1.54) is 0 Å². The molecule has 0 aromatic rings. The number of nitrogens with zero attached hydrogens (tertiary/aromatic N) is 1. The van der Waals surface area contributed by atoms with Crippen LogP contribution < -0.4 is 11.1 Å². The molecule has 1 aliphatic carbocycles. The Hall–Kier alpha value is -0.610. The number of rotatable bonds is 5. The van der Waals surface area contributed by atoms with Crippen LogP contribution >= 0.6 is 0 Å². The normalized spacial score (nSPS) is 26.0. The van der Waals surface area contributed by atoms with Gasteiger partial charge in [0.05, 0.1) is 6.54 Å². The maximum atomic E-state index is 11.2. The molecule has 0 aliphatic heterocycles. The molecule has 1 saturated carbocycles. The number of carbonyl (C=O) groups is 1. The first-order chi connectivity index (χ1) is 6.61. The number of nitrogens with one attached hydrogen (secondary N) is 1. The Labute approximate surface area is 85.8 Å². The number of carbonyl (C=O) groups excluding carboxylic acids is 1. The highest BCUT2D eigenvalue weighted by molar-refractivity contribution is 5.77. The summed E-state index contributed by atoms with van der Waals surface area (Å²) in [6, 6.07) is 0.401. The fourth-order valence-corrected chi connectivity index (χ4v) is 1.94. The van der Waals surface area contributed by atoms with Gasteiger partial charge in [0.15, 0.2) is 0 Å². The van der Waals surface area contributed by atoms with E-state index in [-0.39, 0.29) is 5.91 Å². The lowest BCUT2D eigenvalue weighted by Gasteiger charge is -2.35. The lowest BCUT2D eigenvalue weighted by Crippen LogP contribution is -2.44. The molecule has 4 heteroatoms. The van der Waals surface area contributed by atoms with E-state index in [9.17, 15) is 4.79 Å². The zero-order valence-corrected chi connectivity index (χ0v) is 9.12. The Bertz CT molecular complexity index is 190. The number of hydrogen-bond donors (Lipinski definition) is 2. The molecule has 0 bridgehead atoms. The first kappa shape index (κ1) is 11.5. The summed E-state index contributed by atoms with van der Waals surface area (Å²) in [6.07, 6.45) is 2.22. The van der Waals surface area contributed by atoms with Crippen LogP contribution in [0, 0.1) is 5.92 Å². The maximum absolute atomic E-state index is 11.2. The molecule has 0 aromatic carbocycles. The number of nitrogens with two attached hydrogens (primary N) is 1. The Morgan fingerprint density at radius 1 is 1.57 bits per heavy atom. The molecule has 0 aromatic heterocycles. The van der Waals surface area contributed by atoms with Crippen LogP contribution in [0.5, 0.6) is 0 Å². The minimum Gasteiger partial charge on any atom is -0.355 e. The molecular weight excluding hydrogens is 178 g/mol. The third-order valence-corrected chi connectivity index (χ3v) is 2.63. The molecule has 1 aliphatic rings. The highest BCUT2D eigenvalue weighted by atomic mass is 16.1. The molecule has 1 rings (SSSR count). The van der Waals surface area contributed by atoms with Gasteiger partial charge in [0.1, 0.15) is 0 Å². The van der Waals surface area contributed by atoms with Crippen molar-refractivity contribution in [1.29, 1.82) is 0 Å². The van der Waals surface area contributed by atoms with Gasteiger partial charge in [-0.05, 0) is 32.7 Å². The van der Waals surface area contributed by atoms with Crippen LogP contribution in [0.25, 0.3) is 0 Å². The van der Waals surface area contributed by atoms with Gasteiger partial charge in [-0.3, -0.25) is 9.69 Å². The van der Waals surface area contributed by atoms with E-state index >= 15 is 0 Å². The van der Waals surface area contributed by atoms with E-state index in [4.69, 9.17) is 5.73 Å². The summed E-state index contributed by atoms with van der Waals surface area (Å²) in [5.41, 5.74) is 5.70. The number of amides is 1. The summed E-state index contributed by atoms with van der Waals surface area (Å²) in [6.45, 7) is 4.13. The van der Waals surface area contributed by atoms with E-state index in [1.54, 1.807) is 0 Å². The van der Waals surface area contributed by atoms with Crippen LogP contribution in [0.15, 0.2) is 0 Å². The van der Waals surface area contributed by atoms with Gasteiger partial charge in [-0.2, -0.15) is 0 Å². The topological polar surface area (TPSA) is 58.4 Å². The van der Waals surface area contributed by atoms with E-state index in [0.717, 1.165) is 19.4 Å². The zero-order valence-electron chi connectivity index (χ0n) is 9.12. The van der Waals surface area contributed by atoms with Gasteiger partial charge >= 0.3 is 0 Å². The monoisotopic (exact) mass is 199 g/mol. The molecular formula is C10H21N3O. The van der Waals surface area contributed by atoms with Crippen molar-refractivity contribution in [2.75, 3.05) is 26.7 Å². The molecule has 0 saturated heterocycles. The highest BCUT2D eigenvalue weighted by Crippen LogP contribution is 2.25. The molecule has 0 heterocycles. The largest absolute Gasteiger partial charge is 0.355 e. The first-order valence-electron chi connectivity index (χ1n) is 5.32. The number of likely N-dealkylation sites (N-methyl/N-ethyl adjacent to an activating group) is 2. The van der Waals surface area contributed by atoms with Gasteiger partial charge in [0.2, 0.25) is 5.91 Å². The predicted octanol–water partition coefficient (Wildman–Crippen LogP) is -0.208. The molecule has 1 amide bonds. The van der Waals surface area contributed by atoms with Crippen LogP contribution in [-0.4, -0.2) is 43.5 Å². The van der Waals surface area contributed by atoms with Crippen molar-refractivity contribution in [3.05, 3.63) is 0 Å². The van der Waals surface area contributed by atoms with Crippen LogP contribution in [0.2, 0.25) is 0 Å². The van der Waals surface area contributed by atoms with Crippen LogP contribution in [0.4, 0.5) is 0 Å². The third-order valence-electron chi connectivity index (χ3n) is 2.63. The van der Waals surface area contributed by atoms with Gasteiger partial charge in [-0.25, -0.2) is 0 Å². The molecule has 0 radical (unpaired) electrons. The summed E-state index contributed by atoms with van der Waals surface area (Å²) < 4.78 is 0. The lowest BCUT2D eigenvalue weighted by molar-refractivity contribution is -0.122. The smallest absolute Gasteiger partial charge is 0.234 e. The number of hydrogen-bond acceptors (Lipinski definition) is 3. The molecule has 0 atom stereocenters. The Morgan fingerprint density at radius 2 is 2.21 bits per heavy atom. The van der Waals surface area contributed by atoms with E-state index in [1.807, 2.05) is 14.0 Å². The fourth-order valence-electron chi connectivity index (χ4n) is 1.94. The molecule has 14 heavy (non-hydrogen) atoms. The van der Waals surface area contributed by atoms with Crippen LogP contribution in [0.3, 0.4) is 0 Å². The van der Waals surface area contributed by atoms with Crippen LogP contribution in [-0.2, 0) is 4.79 Å². The van der Waals surface area contributed by atoms with Gasteiger partial charge in [0.25, 0.3) is 0 Å². The first-order valence-corrected chi connectivity index (χ1v) is 5.32. The predicted molar refractivity (Wildman–Crippen MR) is 56.9 cm³/mol. The van der Waals surface area contributed by atoms with Crippen molar-refractivity contribution in [2.24, 2.45) is 11.7 Å². The Balaban J connectivity index is 2.09. The quantitative estimate of drug-likeness (QED) is 0.644. The van der Waals surface area contributed by atoms with Gasteiger partial charge in [0, 0.05) is 19.1 Å². The second kappa shape index (κ2) is 5.32. The highest BCUT2D eigenvalue weighted by Gasteiger charge is 2.26. The lowest BCUT2D eigenvalue weighted by atomic mass is 9.81. The van der Waals surface area contributed by atoms with Gasteiger partial charge < -0.3 is 11.1 Å². The van der Waals surface area contributed by atoms with Gasteiger partial charge in [-0.15, -0.1) is 0 Å². The second-order valence-corrected chi connectivity index (χ2v) is 4.25. The van der Waals surface area contributed by atoms with Crippen molar-refractivity contribution < 1.29 is 4.79 Å². The molecule has 3 N–H and O–H groups in total. The van der Waals surface area contributed by atoms with Crippen LogP contribution in [0.1, 0.15) is 19.8 Å². The molecule has 0 spiro atoms. The van der Waals surface area contributed by atoms with Gasteiger partial charge in [-0.1, -0.05) is 0 Å². The molecule has 0 unspecified atom stereocenters. The summed E-state index contributed by atoms with van der Waals surface area (Å²) >= 11 is 0. The maximum Gasteiger partial charge on any atom is 0.234 e. The van der Waals surface area contributed by atoms with E-state index in [2.05, 4.69) is 10.2 Å². The SMILES string of the molecule is CCNC(=O)CN(C)CC1CC(N)C1. The van der Waals surface area contributed by atoms with Crippen molar-refractivity contribution >= 4 is 5.91 Å². The summed E-state index contributed by atoms with van der Waals surface area (Å²) in [4.78, 5) is 13.3. The van der Waals surface area contributed by atoms with E-state index < -0.39 is 0 Å². The van der Waals surface area contributed by atoms with Crippen molar-refractivity contribution in [2.45, 2.75) is 25.8 Å². The zero-order chi connectivity index (χ0) is 10.6. The molecule has 1 fully saturated rings. The second-order valence-electron chi connectivity index (χ2n) is 4.25. The third kappa shape index (κ3) is 3.64. The summed E-state index contributed by atoms with van der Waals surface area (Å²) in [5, 5.41) is 2.79. The van der Waals surface area contributed by atoms with E-state index in [0.29, 0.717) is 25.0 Å². The van der Waals surface area contributed by atoms with Crippen molar-refractivity contribution in [3.63, 3.8) is 0 Å². The summed E-state index contributed by atoms with van der Waals surface area (Å²) in [7, 11) is 1.99. The fraction of sp³-hybridized carbons (Fsp3) is 0.900. The Morgan fingerprint density at radius 3 is 2.71 bits per heavy atom. The molecule has 4 nitrogen and oxygen atoms in total.